The summed E-state index contributed by atoms with van der Waals surface area (Å²) in [5.74, 6) is 0.673. The van der Waals surface area contributed by atoms with Crippen LogP contribution in [0.2, 0.25) is 0 Å². The molecule has 5 heteroatoms. The molecule has 0 aliphatic carbocycles. The molecule has 0 aliphatic rings. The standard InChI is InChI=1S/C15H14FN3O/c1-9-10(16)5-3-6-11(9)19-12-7-4-8-13(20-2)14(12)18-15(19)17/h3-8H,1-2H3,(H2,17,18). The molecule has 3 rings (SSSR count). The maximum atomic E-state index is 13.7. The maximum absolute atomic E-state index is 13.7. The van der Waals surface area contributed by atoms with Gasteiger partial charge in [-0.05, 0) is 31.2 Å². The van der Waals surface area contributed by atoms with Gasteiger partial charge in [0.15, 0.2) is 0 Å². The SMILES string of the molecule is COc1cccc2c1nc(N)n2-c1cccc(F)c1C. The van der Waals surface area contributed by atoms with Crippen LogP contribution in [-0.2, 0) is 0 Å². The van der Waals surface area contributed by atoms with Gasteiger partial charge in [0.1, 0.15) is 17.1 Å². The summed E-state index contributed by atoms with van der Waals surface area (Å²) in [6.07, 6.45) is 0. The number of benzene rings is 2. The van der Waals surface area contributed by atoms with Crippen molar-refractivity contribution in [3.8, 4) is 11.4 Å². The molecular formula is C15H14FN3O. The van der Waals surface area contributed by atoms with Crippen LogP contribution < -0.4 is 10.5 Å². The van der Waals surface area contributed by atoms with Gasteiger partial charge in [0, 0.05) is 5.56 Å². The predicted molar refractivity (Wildman–Crippen MR) is 76.7 cm³/mol. The van der Waals surface area contributed by atoms with Crippen LogP contribution in [0.15, 0.2) is 36.4 Å². The largest absolute Gasteiger partial charge is 0.494 e. The molecule has 1 heterocycles. The van der Waals surface area contributed by atoms with Crippen molar-refractivity contribution in [2.75, 3.05) is 12.8 Å². The molecule has 1 aromatic heterocycles. The second kappa shape index (κ2) is 4.52. The van der Waals surface area contributed by atoms with Gasteiger partial charge in [-0.1, -0.05) is 12.1 Å². The molecule has 0 saturated carbocycles. The fraction of sp³-hybridized carbons (Fsp3) is 0.133. The predicted octanol–water partition coefficient (Wildman–Crippen LogP) is 3.06. The van der Waals surface area contributed by atoms with E-state index in [2.05, 4.69) is 4.98 Å². The number of imidazole rings is 1. The van der Waals surface area contributed by atoms with Gasteiger partial charge >= 0.3 is 0 Å². The van der Waals surface area contributed by atoms with Crippen LogP contribution in [0.4, 0.5) is 10.3 Å². The molecule has 0 spiro atoms. The van der Waals surface area contributed by atoms with E-state index < -0.39 is 0 Å². The average molecular weight is 271 g/mol. The number of nitrogen functional groups attached to an aromatic ring is 1. The minimum atomic E-state index is -0.272. The van der Waals surface area contributed by atoms with E-state index in [-0.39, 0.29) is 5.82 Å². The zero-order valence-electron chi connectivity index (χ0n) is 11.2. The van der Waals surface area contributed by atoms with Crippen molar-refractivity contribution in [3.05, 3.63) is 47.8 Å². The summed E-state index contributed by atoms with van der Waals surface area (Å²) >= 11 is 0. The molecule has 3 aromatic rings. The second-order valence-electron chi connectivity index (χ2n) is 4.52. The molecule has 4 nitrogen and oxygen atoms in total. The highest BCUT2D eigenvalue weighted by atomic mass is 19.1. The fourth-order valence-electron chi connectivity index (χ4n) is 2.35. The molecule has 0 atom stereocenters. The van der Waals surface area contributed by atoms with Gasteiger partial charge in [0.25, 0.3) is 0 Å². The summed E-state index contributed by atoms with van der Waals surface area (Å²) in [6.45, 7) is 1.72. The number of para-hydroxylation sites is 1. The molecule has 2 N–H and O–H groups in total. The Morgan fingerprint density at radius 2 is 1.95 bits per heavy atom. The normalized spacial score (nSPS) is 10.9. The molecule has 2 aromatic carbocycles. The fourth-order valence-corrected chi connectivity index (χ4v) is 2.35. The zero-order valence-corrected chi connectivity index (χ0v) is 11.2. The van der Waals surface area contributed by atoms with Gasteiger partial charge in [0.05, 0.1) is 18.3 Å². The molecule has 0 fully saturated rings. The number of nitrogens with zero attached hydrogens (tertiary/aromatic N) is 2. The lowest BCUT2D eigenvalue weighted by Crippen LogP contribution is -2.03. The van der Waals surface area contributed by atoms with Crippen molar-refractivity contribution in [2.45, 2.75) is 6.92 Å². The number of rotatable bonds is 2. The monoisotopic (exact) mass is 271 g/mol. The third-order valence-corrected chi connectivity index (χ3v) is 3.37. The lowest BCUT2D eigenvalue weighted by Gasteiger charge is -2.10. The van der Waals surface area contributed by atoms with E-state index in [0.717, 1.165) is 5.52 Å². The minimum absolute atomic E-state index is 0.272. The number of anilines is 1. The Balaban J connectivity index is 2.37. The summed E-state index contributed by atoms with van der Waals surface area (Å²) in [6, 6.07) is 10.4. The van der Waals surface area contributed by atoms with E-state index in [4.69, 9.17) is 10.5 Å². The Labute approximate surface area is 115 Å². The van der Waals surface area contributed by atoms with Gasteiger partial charge in [-0.2, -0.15) is 0 Å². The molecular weight excluding hydrogens is 257 g/mol. The van der Waals surface area contributed by atoms with Crippen molar-refractivity contribution >= 4 is 17.0 Å². The van der Waals surface area contributed by atoms with Gasteiger partial charge in [-0.3, -0.25) is 4.57 Å². The number of hydrogen-bond donors (Lipinski definition) is 1. The van der Waals surface area contributed by atoms with E-state index >= 15 is 0 Å². The first-order chi connectivity index (χ1) is 9.63. The summed E-state index contributed by atoms with van der Waals surface area (Å²) in [4.78, 5) is 4.32. The Bertz CT molecular complexity index is 795. The van der Waals surface area contributed by atoms with Crippen molar-refractivity contribution in [1.29, 1.82) is 0 Å². The quantitative estimate of drug-likeness (QED) is 0.779. The van der Waals surface area contributed by atoms with Gasteiger partial charge < -0.3 is 10.5 Å². The summed E-state index contributed by atoms with van der Waals surface area (Å²) < 4.78 is 20.8. The molecule has 0 unspecified atom stereocenters. The van der Waals surface area contributed by atoms with Crippen LogP contribution in [0.1, 0.15) is 5.56 Å². The van der Waals surface area contributed by atoms with Crippen LogP contribution in [0, 0.1) is 12.7 Å². The zero-order chi connectivity index (χ0) is 14.3. The van der Waals surface area contributed by atoms with Crippen molar-refractivity contribution in [2.24, 2.45) is 0 Å². The first-order valence-corrected chi connectivity index (χ1v) is 6.20. The van der Waals surface area contributed by atoms with Gasteiger partial charge in [-0.15, -0.1) is 0 Å². The molecule has 20 heavy (non-hydrogen) atoms. The smallest absolute Gasteiger partial charge is 0.206 e. The van der Waals surface area contributed by atoms with Gasteiger partial charge in [-0.25, -0.2) is 9.37 Å². The van der Waals surface area contributed by atoms with E-state index in [0.29, 0.717) is 28.5 Å². The second-order valence-corrected chi connectivity index (χ2v) is 4.52. The highest BCUT2D eigenvalue weighted by Crippen LogP contribution is 2.30. The van der Waals surface area contributed by atoms with Crippen LogP contribution >= 0.6 is 0 Å². The van der Waals surface area contributed by atoms with Crippen LogP contribution in [0.5, 0.6) is 5.75 Å². The van der Waals surface area contributed by atoms with E-state index in [9.17, 15) is 4.39 Å². The first-order valence-electron chi connectivity index (χ1n) is 6.20. The third kappa shape index (κ3) is 1.71. The number of halogens is 1. The number of fused-ring (bicyclic) bond motifs is 1. The Morgan fingerprint density at radius 3 is 2.70 bits per heavy atom. The number of ether oxygens (including phenoxy) is 1. The molecule has 0 radical (unpaired) electrons. The number of aromatic nitrogens is 2. The third-order valence-electron chi connectivity index (χ3n) is 3.37. The van der Waals surface area contributed by atoms with E-state index in [1.165, 1.54) is 6.07 Å². The summed E-state index contributed by atoms with van der Waals surface area (Å²) in [5.41, 5.74) is 8.66. The van der Waals surface area contributed by atoms with E-state index in [1.807, 2.05) is 24.3 Å². The summed E-state index contributed by atoms with van der Waals surface area (Å²) in [5, 5.41) is 0. The van der Waals surface area contributed by atoms with Crippen molar-refractivity contribution in [3.63, 3.8) is 0 Å². The van der Waals surface area contributed by atoms with Crippen LogP contribution in [-0.4, -0.2) is 16.7 Å². The van der Waals surface area contributed by atoms with Crippen molar-refractivity contribution in [1.82, 2.24) is 9.55 Å². The number of hydrogen-bond acceptors (Lipinski definition) is 3. The highest BCUT2D eigenvalue weighted by Gasteiger charge is 2.15. The van der Waals surface area contributed by atoms with Gasteiger partial charge in [0.2, 0.25) is 5.95 Å². The average Bonchev–Trinajstić information content (AvgIpc) is 2.78. The number of methoxy groups -OCH3 is 1. The van der Waals surface area contributed by atoms with Crippen molar-refractivity contribution < 1.29 is 9.13 Å². The molecule has 0 saturated heterocycles. The van der Waals surface area contributed by atoms with E-state index in [1.54, 1.807) is 24.7 Å². The molecule has 102 valence electrons. The Morgan fingerprint density at radius 1 is 1.20 bits per heavy atom. The highest BCUT2D eigenvalue weighted by molar-refractivity contribution is 5.86. The molecule has 0 amide bonds. The van der Waals surface area contributed by atoms with Crippen LogP contribution in [0.25, 0.3) is 16.7 Å². The lowest BCUT2D eigenvalue weighted by atomic mass is 10.2. The Kier molecular flexibility index (Phi) is 2.82. The molecule has 0 bridgehead atoms. The topological polar surface area (TPSA) is 53.1 Å². The lowest BCUT2D eigenvalue weighted by molar-refractivity contribution is 0.419. The molecule has 0 aliphatic heterocycles. The maximum Gasteiger partial charge on any atom is 0.206 e. The first kappa shape index (κ1) is 12.5. The Hall–Kier alpha value is -2.56. The number of nitrogens with two attached hydrogens (primary N) is 1. The minimum Gasteiger partial charge on any atom is -0.494 e. The van der Waals surface area contributed by atoms with Crippen LogP contribution in [0.3, 0.4) is 0 Å². The summed E-state index contributed by atoms with van der Waals surface area (Å²) in [7, 11) is 1.58.